The van der Waals surface area contributed by atoms with Gasteiger partial charge < -0.3 is 4.90 Å². The molecule has 0 N–H and O–H groups in total. The van der Waals surface area contributed by atoms with Gasteiger partial charge in [-0.1, -0.05) is 0 Å². The Bertz CT molecular complexity index is 798. The van der Waals surface area contributed by atoms with Gasteiger partial charge in [-0.25, -0.2) is 21.1 Å². The van der Waals surface area contributed by atoms with Crippen molar-refractivity contribution in [1.29, 1.82) is 0 Å². The molecule has 23 heavy (non-hydrogen) atoms. The number of hydrogen-bond donors (Lipinski definition) is 0. The summed E-state index contributed by atoms with van der Waals surface area (Å²) < 4.78 is 48.2. The van der Waals surface area contributed by atoms with Gasteiger partial charge in [0.2, 0.25) is 10.0 Å². The van der Waals surface area contributed by atoms with Gasteiger partial charge in [0, 0.05) is 39.0 Å². The topological polar surface area (TPSA) is 91.8 Å². The average Bonchev–Trinajstić information content (AvgIpc) is 2.96. The molecule has 1 fully saturated rings. The van der Waals surface area contributed by atoms with Crippen molar-refractivity contribution in [3.05, 3.63) is 29.8 Å². The van der Waals surface area contributed by atoms with Crippen molar-refractivity contribution in [2.45, 2.75) is 16.6 Å². The van der Waals surface area contributed by atoms with Crippen molar-refractivity contribution in [2.75, 3.05) is 33.4 Å². The van der Waals surface area contributed by atoms with Gasteiger partial charge in [0.25, 0.3) is 5.91 Å². The molecule has 1 aliphatic rings. The van der Waals surface area contributed by atoms with Crippen LogP contribution >= 0.6 is 0 Å². The minimum atomic E-state index is -3.54. The van der Waals surface area contributed by atoms with Crippen molar-refractivity contribution in [3.8, 4) is 0 Å². The number of carbonyl (C=O) groups excluding carboxylic acids is 1. The maximum Gasteiger partial charge on any atom is 0.253 e. The Hall–Kier alpha value is -1.45. The summed E-state index contributed by atoms with van der Waals surface area (Å²) in [6, 6.07) is 5.67. The van der Waals surface area contributed by atoms with Crippen LogP contribution in [-0.4, -0.2) is 70.6 Å². The van der Waals surface area contributed by atoms with Crippen LogP contribution in [0.15, 0.2) is 29.2 Å². The fourth-order valence-corrected chi connectivity index (χ4v) is 4.31. The second-order valence-electron chi connectivity index (χ2n) is 5.80. The smallest absolute Gasteiger partial charge is 0.253 e. The van der Waals surface area contributed by atoms with E-state index in [9.17, 15) is 21.6 Å². The lowest BCUT2D eigenvalue weighted by molar-refractivity contribution is 0.0793. The first kappa shape index (κ1) is 17.9. The third-order valence-corrected chi connectivity index (χ3v) is 7.34. The van der Waals surface area contributed by atoms with Gasteiger partial charge in [0.1, 0.15) is 0 Å². The number of nitrogens with zero attached hydrogens (tertiary/aromatic N) is 2. The highest BCUT2D eigenvalue weighted by Crippen LogP contribution is 2.20. The molecule has 2 rings (SSSR count). The number of carbonyl (C=O) groups is 1. The molecular formula is C14H20N2O5S2. The van der Waals surface area contributed by atoms with E-state index in [1.807, 2.05) is 0 Å². The summed E-state index contributed by atoms with van der Waals surface area (Å²) in [6.07, 6.45) is 1.60. The second-order valence-corrected chi connectivity index (χ2v) is 10.3. The molecule has 1 aromatic rings. The van der Waals surface area contributed by atoms with Gasteiger partial charge in [-0.3, -0.25) is 4.79 Å². The zero-order valence-electron chi connectivity index (χ0n) is 13.3. The molecule has 0 aromatic heterocycles. The van der Waals surface area contributed by atoms with Crippen molar-refractivity contribution < 1.29 is 21.6 Å². The second kappa shape index (κ2) is 6.21. The van der Waals surface area contributed by atoms with Crippen molar-refractivity contribution in [3.63, 3.8) is 0 Å². The highest BCUT2D eigenvalue weighted by atomic mass is 32.2. The van der Waals surface area contributed by atoms with Gasteiger partial charge in [0.15, 0.2) is 9.84 Å². The Morgan fingerprint density at radius 3 is 2.13 bits per heavy atom. The van der Waals surface area contributed by atoms with Crippen LogP contribution in [0, 0.1) is 0 Å². The van der Waals surface area contributed by atoms with Gasteiger partial charge in [-0.05, 0) is 30.7 Å². The average molecular weight is 360 g/mol. The molecule has 128 valence electrons. The molecule has 1 aliphatic heterocycles. The summed E-state index contributed by atoms with van der Waals surface area (Å²) in [5.41, 5.74) is 0.344. The quantitative estimate of drug-likeness (QED) is 0.765. The zero-order valence-corrected chi connectivity index (χ0v) is 14.9. The molecule has 1 aromatic carbocycles. The summed E-state index contributed by atoms with van der Waals surface area (Å²) in [5, 5.41) is -0.528. The number of sulfonamides is 1. The Morgan fingerprint density at radius 2 is 1.70 bits per heavy atom. The normalized spacial score (nSPS) is 19.3. The van der Waals surface area contributed by atoms with E-state index in [2.05, 4.69) is 0 Å². The fraction of sp³-hybridized carbons (Fsp3) is 0.500. The molecule has 1 atom stereocenters. The first-order valence-corrected chi connectivity index (χ1v) is 10.4. The molecule has 1 heterocycles. The number of likely N-dealkylation sites (tertiary alicyclic amines) is 1. The molecule has 1 amide bonds. The molecule has 1 saturated heterocycles. The lowest BCUT2D eigenvalue weighted by Gasteiger charge is -2.17. The molecule has 0 bridgehead atoms. The molecular weight excluding hydrogens is 340 g/mol. The fourth-order valence-electron chi connectivity index (χ4n) is 2.43. The Labute approximate surface area is 136 Å². The SMILES string of the molecule is CN(C)S(=O)(=O)c1ccc(C(=O)N2CC[C@@H](S(C)(=O)=O)C2)cc1. The van der Waals surface area contributed by atoms with Crippen molar-refractivity contribution >= 4 is 25.8 Å². The Balaban J connectivity index is 2.16. The zero-order chi connectivity index (χ0) is 17.4. The predicted octanol–water partition coefficient (Wildman–Crippen LogP) is 0.196. The number of hydrogen-bond acceptors (Lipinski definition) is 5. The van der Waals surface area contributed by atoms with E-state index in [0.717, 1.165) is 4.31 Å². The summed E-state index contributed by atoms with van der Waals surface area (Å²) in [5.74, 6) is -0.287. The maximum absolute atomic E-state index is 12.4. The third-order valence-electron chi connectivity index (χ3n) is 3.92. The van der Waals surface area contributed by atoms with Gasteiger partial charge >= 0.3 is 0 Å². The van der Waals surface area contributed by atoms with Crippen molar-refractivity contribution in [2.24, 2.45) is 0 Å². The lowest BCUT2D eigenvalue weighted by Crippen LogP contribution is -2.31. The minimum absolute atomic E-state index is 0.106. The summed E-state index contributed by atoms with van der Waals surface area (Å²) in [6.45, 7) is 0.559. The third kappa shape index (κ3) is 3.73. The first-order valence-electron chi connectivity index (χ1n) is 7.04. The van der Waals surface area contributed by atoms with E-state index >= 15 is 0 Å². The largest absolute Gasteiger partial charge is 0.337 e. The van der Waals surface area contributed by atoms with Gasteiger partial charge in [-0.15, -0.1) is 0 Å². The van der Waals surface area contributed by atoms with Crippen LogP contribution in [0.4, 0.5) is 0 Å². The maximum atomic E-state index is 12.4. The standard InChI is InChI=1S/C14H20N2O5S2/c1-15(2)23(20,21)12-6-4-11(5-7-12)14(17)16-9-8-13(10-16)22(3,18)19/h4-7,13H,8-10H2,1-3H3/t13-/m1/s1. The van der Waals surface area contributed by atoms with E-state index in [4.69, 9.17) is 0 Å². The number of rotatable bonds is 4. The van der Waals surface area contributed by atoms with Gasteiger partial charge in [-0.2, -0.15) is 0 Å². The van der Waals surface area contributed by atoms with E-state index in [1.165, 1.54) is 49.5 Å². The molecule has 0 aliphatic carbocycles. The molecule has 0 radical (unpaired) electrons. The van der Waals surface area contributed by atoms with Crippen LogP contribution in [-0.2, 0) is 19.9 Å². The Kier molecular flexibility index (Phi) is 4.84. The van der Waals surface area contributed by atoms with Crippen LogP contribution in [0.1, 0.15) is 16.8 Å². The molecule has 7 nitrogen and oxygen atoms in total. The van der Waals surface area contributed by atoms with Crippen molar-refractivity contribution in [1.82, 2.24) is 9.21 Å². The first-order chi connectivity index (χ1) is 10.5. The van der Waals surface area contributed by atoms with E-state index in [0.29, 0.717) is 18.5 Å². The predicted molar refractivity (Wildman–Crippen MR) is 86.5 cm³/mol. The number of amides is 1. The molecule has 0 spiro atoms. The monoisotopic (exact) mass is 360 g/mol. The minimum Gasteiger partial charge on any atom is -0.337 e. The molecule has 0 saturated carbocycles. The summed E-state index contributed by atoms with van der Waals surface area (Å²) in [7, 11) is -3.83. The molecule has 0 unspecified atom stereocenters. The van der Waals surface area contributed by atoms with Crippen LogP contribution in [0.2, 0.25) is 0 Å². The van der Waals surface area contributed by atoms with Crippen LogP contribution in [0.25, 0.3) is 0 Å². The van der Waals surface area contributed by atoms with Crippen LogP contribution in [0.5, 0.6) is 0 Å². The summed E-state index contributed by atoms with van der Waals surface area (Å²) in [4.78, 5) is 14.0. The van der Waals surface area contributed by atoms with E-state index in [1.54, 1.807) is 0 Å². The Morgan fingerprint density at radius 1 is 1.13 bits per heavy atom. The van der Waals surface area contributed by atoms with Crippen LogP contribution in [0.3, 0.4) is 0 Å². The highest BCUT2D eigenvalue weighted by molar-refractivity contribution is 7.91. The summed E-state index contributed by atoms with van der Waals surface area (Å²) >= 11 is 0. The van der Waals surface area contributed by atoms with E-state index < -0.39 is 25.1 Å². The van der Waals surface area contributed by atoms with Crippen LogP contribution < -0.4 is 0 Å². The molecule has 9 heteroatoms. The lowest BCUT2D eigenvalue weighted by atomic mass is 10.2. The highest BCUT2D eigenvalue weighted by Gasteiger charge is 2.33. The van der Waals surface area contributed by atoms with E-state index in [-0.39, 0.29) is 17.3 Å². The van der Waals surface area contributed by atoms with Gasteiger partial charge in [0.05, 0.1) is 10.1 Å². The number of sulfone groups is 1. The number of benzene rings is 1.